The van der Waals surface area contributed by atoms with Crippen molar-refractivity contribution in [2.75, 3.05) is 13.7 Å². The highest BCUT2D eigenvalue weighted by Crippen LogP contribution is 2.46. The van der Waals surface area contributed by atoms with Gasteiger partial charge in [0.25, 0.3) is 5.92 Å². The maximum absolute atomic E-state index is 12.3. The Morgan fingerprint density at radius 2 is 2.00 bits per heavy atom. The van der Waals surface area contributed by atoms with Gasteiger partial charge in [0.2, 0.25) is 0 Å². The Bertz CT molecular complexity index is 124. The Hall–Kier alpha value is -0.220. The molecule has 2 nitrogen and oxygen atoms in total. The van der Waals surface area contributed by atoms with Crippen molar-refractivity contribution in [3.8, 4) is 0 Å². The lowest BCUT2D eigenvalue weighted by Gasteiger charge is -2.45. The maximum atomic E-state index is 12.3. The van der Waals surface area contributed by atoms with E-state index in [1.165, 1.54) is 7.11 Å². The van der Waals surface area contributed by atoms with Gasteiger partial charge >= 0.3 is 0 Å². The summed E-state index contributed by atoms with van der Waals surface area (Å²) < 4.78 is 29.4. The molecule has 0 spiro atoms. The maximum Gasteiger partial charge on any atom is 0.253 e. The molecule has 4 heteroatoms. The molecule has 0 radical (unpaired) electrons. The molecule has 0 unspecified atom stereocenters. The lowest BCUT2D eigenvalue weighted by molar-refractivity contribution is -0.212. The van der Waals surface area contributed by atoms with Crippen LogP contribution in [0.3, 0.4) is 0 Å². The third-order valence-electron chi connectivity index (χ3n) is 1.97. The van der Waals surface area contributed by atoms with E-state index in [0.29, 0.717) is 0 Å². The standard InChI is InChI=1S/C6H11F2NO/c1-10-5(4-9)2-6(7,8)3-5/h2-4,9H2,1H3. The van der Waals surface area contributed by atoms with E-state index in [1.807, 2.05) is 0 Å². The SMILES string of the molecule is COC1(CN)CC(F)(F)C1. The number of hydrogen-bond acceptors (Lipinski definition) is 2. The Labute approximate surface area is 58.3 Å². The van der Waals surface area contributed by atoms with Crippen molar-refractivity contribution in [1.29, 1.82) is 0 Å². The summed E-state index contributed by atoms with van der Waals surface area (Å²) >= 11 is 0. The van der Waals surface area contributed by atoms with Crippen LogP contribution < -0.4 is 5.73 Å². The van der Waals surface area contributed by atoms with E-state index in [4.69, 9.17) is 10.5 Å². The molecule has 1 aliphatic carbocycles. The lowest BCUT2D eigenvalue weighted by atomic mass is 9.76. The van der Waals surface area contributed by atoms with Gasteiger partial charge in [-0.2, -0.15) is 0 Å². The zero-order valence-electron chi connectivity index (χ0n) is 5.86. The van der Waals surface area contributed by atoms with E-state index in [-0.39, 0.29) is 19.4 Å². The molecule has 0 aromatic heterocycles. The van der Waals surface area contributed by atoms with Gasteiger partial charge in [-0.25, -0.2) is 8.78 Å². The zero-order chi connectivity index (χ0) is 7.83. The normalized spacial score (nSPS) is 27.6. The largest absolute Gasteiger partial charge is 0.376 e. The van der Waals surface area contributed by atoms with Crippen LogP contribution >= 0.6 is 0 Å². The van der Waals surface area contributed by atoms with Crippen molar-refractivity contribution in [1.82, 2.24) is 0 Å². The van der Waals surface area contributed by atoms with Gasteiger partial charge in [-0.1, -0.05) is 0 Å². The predicted molar refractivity (Wildman–Crippen MR) is 33.0 cm³/mol. The highest BCUT2D eigenvalue weighted by Gasteiger charge is 2.56. The van der Waals surface area contributed by atoms with Crippen molar-refractivity contribution in [3.05, 3.63) is 0 Å². The summed E-state index contributed by atoms with van der Waals surface area (Å²) in [6.07, 6.45) is -0.458. The Balaban J connectivity index is 2.46. The highest BCUT2D eigenvalue weighted by atomic mass is 19.3. The van der Waals surface area contributed by atoms with E-state index in [1.54, 1.807) is 0 Å². The first-order valence-corrected chi connectivity index (χ1v) is 3.17. The molecule has 1 aliphatic rings. The Kier molecular flexibility index (Phi) is 1.68. The van der Waals surface area contributed by atoms with Crippen molar-refractivity contribution >= 4 is 0 Å². The Morgan fingerprint density at radius 1 is 1.50 bits per heavy atom. The van der Waals surface area contributed by atoms with Crippen LogP contribution in [0.5, 0.6) is 0 Å². The van der Waals surface area contributed by atoms with Gasteiger partial charge in [0.05, 0.1) is 5.60 Å². The van der Waals surface area contributed by atoms with E-state index < -0.39 is 11.5 Å². The molecule has 0 saturated heterocycles. The molecule has 0 heterocycles. The number of hydrogen-bond donors (Lipinski definition) is 1. The molecule has 0 amide bonds. The number of nitrogens with two attached hydrogens (primary N) is 1. The van der Waals surface area contributed by atoms with Crippen LogP contribution in [-0.4, -0.2) is 25.2 Å². The molecule has 0 aromatic rings. The second kappa shape index (κ2) is 2.13. The lowest BCUT2D eigenvalue weighted by Crippen LogP contribution is -2.57. The number of ether oxygens (including phenoxy) is 1. The summed E-state index contributed by atoms with van der Waals surface area (Å²) in [7, 11) is 1.42. The molecular weight excluding hydrogens is 140 g/mol. The summed E-state index contributed by atoms with van der Waals surface area (Å²) in [5.74, 6) is -2.55. The molecule has 10 heavy (non-hydrogen) atoms. The molecule has 1 fully saturated rings. The van der Waals surface area contributed by atoms with Gasteiger partial charge in [-0.3, -0.25) is 0 Å². The van der Waals surface area contributed by atoms with Crippen LogP contribution in [0.1, 0.15) is 12.8 Å². The number of halogens is 2. The molecule has 0 bridgehead atoms. The number of alkyl halides is 2. The van der Waals surface area contributed by atoms with Crippen LogP contribution in [0.15, 0.2) is 0 Å². The summed E-state index contributed by atoms with van der Waals surface area (Å²) in [5.41, 5.74) is 4.51. The van der Waals surface area contributed by atoms with Gasteiger partial charge in [-0.05, 0) is 0 Å². The molecular formula is C6H11F2NO. The average molecular weight is 151 g/mol. The van der Waals surface area contributed by atoms with Crippen LogP contribution in [0, 0.1) is 0 Å². The zero-order valence-corrected chi connectivity index (χ0v) is 5.86. The summed E-state index contributed by atoms with van der Waals surface area (Å²) in [5, 5.41) is 0. The monoisotopic (exact) mass is 151 g/mol. The number of methoxy groups -OCH3 is 1. The van der Waals surface area contributed by atoms with Crippen molar-refractivity contribution in [2.45, 2.75) is 24.4 Å². The Morgan fingerprint density at radius 3 is 2.10 bits per heavy atom. The molecule has 1 rings (SSSR count). The van der Waals surface area contributed by atoms with Crippen LogP contribution in [0.2, 0.25) is 0 Å². The minimum absolute atomic E-state index is 0.180. The van der Waals surface area contributed by atoms with E-state index in [9.17, 15) is 8.78 Å². The molecule has 0 atom stereocenters. The number of rotatable bonds is 2. The minimum Gasteiger partial charge on any atom is -0.376 e. The van der Waals surface area contributed by atoms with Crippen LogP contribution in [0.4, 0.5) is 8.78 Å². The van der Waals surface area contributed by atoms with Gasteiger partial charge < -0.3 is 10.5 Å². The fourth-order valence-electron chi connectivity index (χ4n) is 1.26. The van der Waals surface area contributed by atoms with E-state index in [2.05, 4.69) is 0 Å². The first-order valence-electron chi connectivity index (χ1n) is 3.17. The summed E-state index contributed by atoms with van der Waals surface area (Å²) in [4.78, 5) is 0. The average Bonchev–Trinajstić information content (AvgIpc) is 1.82. The minimum atomic E-state index is -2.55. The van der Waals surface area contributed by atoms with E-state index >= 15 is 0 Å². The topological polar surface area (TPSA) is 35.2 Å². The molecule has 1 saturated carbocycles. The summed E-state index contributed by atoms with van der Waals surface area (Å²) in [6.45, 7) is 0.180. The van der Waals surface area contributed by atoms with E-state index in [0.717, 1.165) is 0 Å². The van der Waals surface area contributed by atoms with Crippen LogP contribution in [0.25, 0.3) is 0 Å². The fraction of sp³-hybridized carbons (Fsp3) is 1.00. The smallest absolute Gasteiger partial charge is 0.253 e. The molecule has 0 aliphatic heterocycles. The third kappa shape index (κ3) is 1.13. The fourth-order valence-corrected chi connectivity index (χ4v) is 1.26. The second-order valence-electron chi connectivity index (χ2n) is 2.80. The van der Waals surface area contributed by atoms with Crippen molar-refractivity contribution < 1.29 is 13.5 Å². The molecule has 0 aromatic carbocycles. The molecule has 60 valence electrons. The third-order valence-corrected chi connectivity index (χ3v) is 1.97. The summed E-state index contributed by atoms with van der Waals surface area (Å²) in [6, 6.07) is 0. The van der Waals surface area contributed by atoms with Gasteiger partial charge in [-0.15, -0.1) is 0 Å². The molecule has 2 N–H and O–H groups in total. The quantitative estimate of drug-likeness (QED) is 0.632. The van der Waals surface area contributed by atoms with Crippen LogP contribution in [-0.2, 0) is 4.74 Å². The van der Waals surface area contributed by atoms with Crippen molar-refractivity contribution in [2.24, 2.45) is 5.73 Å². The first kappa shape index (κ1) is 7.88. The first-order chi connectivity index (χ1) is 4.54. The van der Waals surface area contributed by atoms with Gasteiger partial charge in [0.1, 0.15) is 0 Å². The van der Waals surface area contributed by atoms with Gasteiger partial charge in [0, 0.05) is 26.5 Å². The second-order valence-corrected chi connectivity index (χ2v) is 2.80. The highest BCUT2D eigenvalue weighted by molar-refractivity contribution is 5.01. The predicted octanol–water partition coefficient (Wildman–Crippen LogP) is 0.759. The van der Waals surface area contributed by atoms with Crippen molar-refractivity contribution in [3.63, 3.8) is 0 Å². The van der Waals surface area contributed by atoms with Gasteiger partial charge in [0.15, 0.2) is 0 Å².